The summed E-state index contributed by atoms with van der Waals surface area (Å²) in [5, 5.41) is 26.4. The van der Waals surface area contributed by atoms with Gasteiger partial charge in [0.15, 0.2) is 0 Å². The van der Waals surface area contributed by atoms with Crippen molar-refractivity contribution in [2.45, 2.75) is 135 Å². The van der Waals surface area contributed by atoms with Crippen LogP contribution in [-0.4, -0.2) is 88.2 Å². The molecule has 0 aromatic heterocycles. The van der Waals surface area contributed by atoms with E-state index in [1.807, 2.05) is 25.7 Å². The number of carbonyl (C=O) groups is 4. The molecule has 0 bridgehead atoms. The topological polar surface area (TPSA) is 165 Å². The van der Waals surface area contributed by atoms with Gasteiger partial charge in [-0.05, 0) is 83.0 Å². The second-order valence-corrected chi connectivity index (χ2v) is 14.0. The first-order valence-corrected chi connectivity index (χ1v) is 17.9. The van der Waals surface area contributed by atoms with Crippen molar-refractivity contribution in [2.75, 3.05) is 26.2 Å². The number of hydrazine groups is 1. The summed E-state index contributed by atoms with van der Waals surface area (Å²) in [5.41, 5.74) is 8.75. The molecular weight excluding hydrogens is 574 g/mol. The van der Waals surface area contributed by atoms with Crippen LogP contribution in [0.3, 0.4) is 0 Å². The van der Waals surface area contributed by atoms with Crippen molar-refractivity contribution in [3.8, 4) is 0 Å². The number of nitrogens with zero attached hydrogens (tertiary/aromatic N) is 2. The van der Waals surface area contributed by atoms with E-state index in [1.165, 1.54) is 0 Å². The van der Waals surface area contributed by atoms with Crippen LogP contribution in [0, 0.1) is 29.6 Å². The van der Waals surface area contributed by atoms with Crippen LogP contribution in [0.4, 0.5) is 0 Å². The molecule has 5 atom stereocenters. The molecule has 0 spiro atoms. The van der Waals surface area contributed by atoms with Crippen LogP contribution in [0.2, 0.25) is 0 Å². The van der Waals surface area contributed by atoms with Gasteiger partial charge in [0.05, 0.1) is 18.2 Å². The molecule has 5 unspecified atom stereocenters. The minimum atomic E-state index is -0.954. The molecule has 45 heavy (non-hydrogen) atoms. The van der Waals surface area contributed by atoms with Gasteiger partial charge in [0, 0.05) is 49.9 Å². The Balaban J connectivity index is 1.73. The average Bonchev–Trinajstić information content (AvgIpc) is 3.04. The third-order valence-electron chi connectivity index (χ3n) is 10.4. The molecule has 0 aromatic carbocycles. The highest BCUT2D eigenvalue weighted by molar-refractivity contribution is 5.85. The molecule has 0 aromatic rings. The lowest BCUT2D eigenvalue weighted by Gasteiger charge is -2.37. The molecule has 6 N–H and O–H groups in total. The summed E-state index contributed by atoms with van der Waals surface area (Å²) in [6.45, 7) is 7.91. The third-order valence-corrected chi connectivity index (χ3v) is 10.4. The summed E-state index contributed by atoms with van der Waals surface area (Å²) in [4.78, 5) is 54.6. The van der Waals surface area contributed by atoms with Crippen molar-refractivity contribution in [3.05, 3.63) is 0 Å². The fraction of sp³-hybridized carbons (Fsp3) is 0.882. The van der Waals surface area contributed by atoms with Crippen LogP contribution in [-0.2, 0) is 19.2 Å². The number of hydrogen-bond acceptors (Lipinski definition) is 7. The highest BCUT2D eigenvalue weighted by Crippen LogP contribution is 2.36. The zero-order valence-corrected chi connectivity index (χ0v) is 28.1. The lowest BCUT2D eigenvalue weighted by atomic mass is 9.73. The maximum absolute atomic E-state index is 13.9. The maximum atomic E-state index is 13.9. The van der Waals surface area contributed by atoms with Crippen LogP contribution in [0.15, 0.2) is 0 Å². The van der Waals surface area contributed by atoms with Gasteiger partial charge >= 0.3 is 0 Å². The van der Waals surface area contributed by atoms with Crippen molar-refractivity contribution < 1.29 is 29.4 Å². The number of hydrogen-bond donors (Lipinski definition) is 5. The minimum Gasteiger partial charge on any atom is -0.393 e. The fourth-order valence-electron chi connectivity index (χ4n) is 7.67. The summed E-state index contributed by atoms with van der Waals surface area (Å²) in [7, 11) is 0. The normalized spacial score (nSPS) is 27.4. The standard InChI is InChI=1S/C34H61N5O6/c1-4-16-38(17-5-2)34(45)27-20-25(31(35)42)19-26(21-27)32(43)36-29(18-23-12-14-28(40)15-13-23)30(41)22-39(6-3)37-33(44)24-10-8-7-9-11-24/h23-30,40-41H,4-22H2,1-3H3,(H2,35,42)(H,36,43)(H,37,44). The van der Waals surface area contributed by atoms with Crippen LogP contribution in [0.5, 0.6) is 0 Å². The Bertz CT molecular complexity index is 945. The molecule has 0 radical (unpaired) electrons. The molecule has 0 heterocycles. The predicted octanol–water partition coefficient (Wildman–Crippen LogP) is 2.87. The van der Waals surface area contributed by atoms with Gasteiger partial charge in [0.1, 0.15) is 0 Å². The molecule has 3 aliphatic rings. The van der Waals surface area contributed by atoms with Gasteiger partial charge in [-0.15, -0.1) is 0 Å². The van der Waals surface area contributed by atoms with Crippen LogP contribution in [0.1, 0.15) is 117 Å². The van der Waals surface area contributed by atoms with Gasteiger partial charge < -0.3 is 26.2 Å². The first kappa shape index (κ1) is 37.2. The molecule has 3 rings (SSSR count). The Hall–Kier alpha value is -2.24. The van der Waals surface area contributed by atoms with E-state index < -0.39 is 35.8 Å². The summed E-state index contributed by atoms with van der Waals surface area (Å²) >= 11 is 0. The molecule has 4 amide bonds. The van der Waals surface area contributed by atoms with Gasteiger partial charge in [0.25, 0.3) is 0 Å². The number of nitrogens with one attached hydrogen (secondary N) is 2. The predicted molar refractivity (Wildman–Crippen MR) is 173 cm³/mol. The summed E-state index contributed by atoms with van der Waals surface area (Å²) < 4.78 is 0. The Morgan fingerprint density at radius 3 is 1.98 bits per heavy atom. The van der Waals surface area contributed by atoms with E-state index in [1.54, 1.807) is 5.01 Å². The quantitative estimate of drug-likeness (QED) is 0.163. The lowest BCUT2D eigenvalue weighted by Crippen LogP contribution is -2.55. The Morgan fingerprint density at radius 1 is 0.800 bits per heavy atom. The first-order valence-electron chi connectivity index (χ1n) is 17.9. The molecule has 258 valence electrons. The van der Waals surface area contributed by atoms with Gasteiger partial charge in [-0.1, -0.05) is 40.0 Å². The second kappa shape index (κ2) is 18.8. The molecule has 11 heteroatoms. The smallest absolute Gasteiger partial charge is 0.237 e. The van der Waals surface area contributed by atoms with Gasteiger partial charge in [-0.25, -0.2) is 5.01 Å². The summed E-state index contributed by atoms with van der Waals surface area (Å²) in [6.07, 6.45) is 9.94. The largest absolute Gasteiger partial charge is 0.393 e. The number of nitrogens with two attached hydrogens (primary N) is 1. The highest BCUT2D eigenvalue weighted by atomic mass is 16.3. The van der Waals surface area contributed by atoms with E-state index in [4.69, 9.17) is 5.73 Å². The molecule has 3 aliphatic carbocycles. The molecule has 0 saturated heterocycles. The SMILES string of the molecule is CCCN(CCC)C(=O)C1CC(C(N)=O)CC(C(=O)NC(CC2CCC(O)CC2)C(O)CN(CC)NC(=O)C2CCCCC2)C1. The minimum absolute atomic E-state index is 0.0128. The Morgan fingerprint density at radius 2 is 1.40 bits per heavy atom. The number of amides is 4. The number of likely N-dealkylation sites (N-methyl/N-ethyl adjacent to an activating group) is 1. The zero-order valence-electron chi connectivity index (χ0n) is 28.1. The molecule has 3 fully saturated rings. The van der Waals surface area contributed by atoms with Crippen molar-refractivity contribution in [2.24, 2.45) is 35.3 Å². The molecule has 11 nitrogen and oxygen atoms in total. The van der Waals surface area contributed by atoms with Crippen molar-refractivity contribution >= 4 is 23.6 Å². The third kappa shape index (κ3) is 11.5. The summed E-state index contributed by atoms with van der Waals surface area (Å²) in [5.74, 6) is -2.19. The van der Waals surface area contributed by atoms with Crippen molar-refractivity contribution in [1.29, 1.82) is 0 Å². The lowest BCUT2D eigenvalue weighted by molar-refractivity contribution is -0.141. The average molecular weight is 636 g/mol. The molecule has 0 aliphatic heterocycles. The molecule has 3 saturated carbocycles. The first-order chi connectivity index (χ1) is 21.6. The van der Waals surface area contributed by atoms with E-state index >= 15 is 0 Å². The number of primary amides is 1. The number of carbonyl (C=O) groups excluding carboxylic acids is 4. The Labute approximate surface area is 270 Å². The van der Waals surface area contributed by atoms with Gasteiger partial charge in [-0.2, -0.15) is 0 Å². The second-order valence-electron chi connectivity index (χ2n) is 14.0. The van der Waals surface area contributed by atoms with E-state index in [-0.39, 0.29) is 48.6 Å². The number of aliphatic hydroxyl groups is 2. The van der Waals surface area contributed by atoms with E-state index in [9.17, 15) is 29.4 Å². The van der Waals surface area contributed by atoms with E-state index in [2.05, 4.69) is 10.7 Å². The number of rotatable bonds is 16. The fourth-order valence-corrected chi connectivity index (χ4v) is 7.67. The van der Waals surface area contributed by atoms with Crippen molar-refractivity contribution in [1.82, 2.24) is 20.7 Å². The Kier molecular flexibility index (Phi) is 15.5. The van der Waals surface area contributed by atoms with Crippen LogP contribution < -0.4 is 16.5 Å². The summed E-state index contributed by atoms with van der Waals surface area (Å²) in [6, 6.07) is -0.585. The van der Waals surface area contributed by atoms with Crippen LogP contribution in [0.25, 0.3) is 0 Å². The maximum Gasteiger partial charge on any atom is 0.237 e. The highest BCUT2D eigenvalue weighted by Gasteiger charge is 2.41. The monoisotopic (exact) mass is 635 g/mol. The number of aliphatic hydroxyl groups excluding tert-OH is 2. The van der Waals surface area contributed by atoms with E-state index in [0.717, 1.165) is 57.8 Å². The van der Waals surface area contributed by atoms with E-state index in [0.29, 0.717) is 51.7 Å². The van der Waals surface area contributed by atoms with Crippen LogP contribution >= 0.6 is 0 Å². The van der Waals surface area contributed by atoms with Gasteiger partial charge in [0.2, 0.25) is 23.6 Å². The van der Waals surface area contributed by atoms with Gasteiger partial charge in [-0.3, -0.25) is 24.6 Å². The van der Waals surface area contributed by atoms with Crippen molar-refractivity contribution in [3.63, 3.8) is 0 Å². The molecular formula is C34H61N5O6. The zero-order chi connectivity index (χ0) is 32.9.